The predicted octanol–water partition coefficient (Wildman–Crippen LogP) is 2.36. The van der Waals surface area contributed by atoms with Crippen molar-refractivity contribution in [2.45, 2.75) is 26.3 Å². The van der Waals surface area contributed by atoms with Gasteiger partial charge in [-0.1, -0.05) is 13.8 Å². The van der Waals surface area contributed by atoms with Crippen molar-refractivity contribution in [2.75, 3.05) is 11.9 Å². The molecule has 2 N–H and O–H groups in total. The fourth-order valence-electron chi connectivity index (χ4n) is 2.16. The highest BCUT2D eigenvalue weighted by molar-refractivity contribution is 5.90. The van der Waals surface area contributed by atoms with Crippen molar-refractivity contribution < 1.29 is 10.0 Å². The van der Waals surface area contributed by atoms with Gasteiger partial charge < -0.3 is 10.4 Å². The monoisotopic (exact) mass is 290 g/mol. The van der Waals surface area contributed by atoms with Gasteiger partial charge in [-0.05, 0) is 18.4 Å². The van der Waals surface area contributed by atoms with E-state index in [9.17, 15) is 10.1 Å². The zero-order valence-corrected chi connectivity index (χ0v) is 12.0. The van der Waals surface area contributed by atoms with Crippen LogP contribution in [0, 0.1) is 16.0 Å². The van der Waals surface area contributed by atoms with E-state index < -0.39 is 4.92 Å². The molecule has 1 aromatic heterocycles. The van der Waals surface area contributed by atoms with Crippen LogP contribution < -0.4 is 5.32 Å². The molecule has 1 aromatic carbocycles. The highest BCUT2D eigenvalue weighted by Crippen LogP contribution is 2.25. The van der Waals surface area contributed by atoms with E-state index in [0.29, 0.717) is 29.1 Å². The van der Waals surface area contributed by atoms with Gasteiger partial charge in [0.1, 0.15) is 12.1 Å². The number of benzene rings is 1. The average Bonchev–Trinajstić information content (AvgIpc) is 2.46. The summed E-state index contributed by atoms with van der Waals surface area (Å²) in [5.74, 6) is 0.844. The molecule has 0 saturated carbocycles. The number of aliphatic hydroxyl groups excluding tert-OH is 1. The fraction of sp³-hybridized carbons (Fsp3) is 0.429. The number of aromatic nitrogens is 2. The fourth-order valence-corrected chi connectivity index (χ4v) is 2.16. The molecule has 0 aliphatic heterocycles. The first-order valence-electron chi connectivity index (χ1n) is 6.79. The lowest BCUT2D eigenvalue weighted by atomic mass is 10.0. The van der Waals surface area contributed by atoms with E-state index in [0.717, 1.165) is 0 Å². The smallest absolute Gasteiger partial charge is 0.270 e. The maximum absolute atomic E-state index is 10.9. The SMILES string of the molecule is CC(C)C(CCO)Nc1ncnc2ccc([N+](=O)[O-])cc12. The summed E-state index contributed by atoms with van der Waals surface area (Å²) < 4.78 is 0. The third kappa shape index (κ3) is 3.43. The molecule has 7 nitrogen and oxygen atoms in total. The number of nitro benzene ring substituents is 1. The van der Waals surface area contributed by atoms with Gasteiger partial charge in [0, 0.05) is 30.2 Å². The largest absolute Gasteiger partial charge is 0.396 e. The van der Waals surface area contributed by atoms with Crippen LogP contribution in [0.25, 0.3) is 10.9 Å². The second-order valence-electron chi connectivity index (χ2n) is 5.19. The van der Waals surface area contributed by atoms with Gasteiger partial charge in [0.05, 0.1) is 10.4 Å². The van der Waals surface area contributed by atoms with E-state index >= 15 is 0 Å². The molecule has 2 rings (SSSR count). The minimum atomic E-state index is -0.441. The summed E-state index contributed by atoms with van der Waals surface area (Å²) in [7, 11) is 0. The Morgan fingerprint density at radius 2 is 2.14 bits per heavy atom. The second-order valence-corrected chi connectivity index (χ2v) is 5.19. The van der Waals surface area contributed by atoms with Gasteiger partial charge in [0.25, 0.3) is 5.69 Å². The van der Waals surface area contributed by atoms with Crippen molar-refractivity contribution >= 4 is 22.4 Å². The summed E-state index contributed by atoms with van der Waals surface area (Å²) in [4.78, 5) is 18.8. The number of nitrogens with one attached hydrogen (secondary N) is 1. The first kappa shape index (κ1) is 15.1. The van der Waals surface area contributed by atoms with Gasteiger partial charge in [-0.3, -0.25) is 10.1 Å². The van der Waals surface area contributed by atoms with Crippen molar-refractivity contribution in [3.05, 3.63) is 34.6 Å². The lowest BCUT2D eigenvalue weighted by molar-refractivity contribution is -0.384. The van der Waals surface area contributed by atoms with Crippen LogP contribution >= 0.6 is 0 Å². The molecule has 1 unspecified atom stereocenters. The maximum Gasteiger partial charge on any atom is 0.270 e. The molecule has 0 fully saturated rings. The number of non-ortho nitro benzene ring substituents is 1. The zero-order chi connectivity index (χ0) is 15.4. The van der Waals surface area contributed by atoms with Crippen LogP contribution in [0.3, 0.4) is 0 Å². The Kier molecular flexibility index (Phi) is 4.64. The quantitative estimate of drug-likeness (QED) is 0.625. The maximum atomic E-state index is 10.9. The molecule has 0 radical (unpaired) electrons. The van der Waals surface area contributed by atoms with Crippen LogP contribution in [0.15, 0.2) is 24.5 Å². The molecule has 0 saturated heterocycles. The Morgan fingerprint density at radius 3 is 2.76 bits per heavy atom. The molecule has 2 aromatic rings. The summed E-state index contributed by atoms with van der Waals surface area (Å²) >= 11 is 0. The number of rotatable bonds is 6. The van der Waals surface area contributed by atoms with Gasteiger partial charge >= 0.3 is 0 Å². The van der Waals surface area contributed by atoms with Crippen molar-refractivity contribution in [3.63, 3.8) is 0 Å². The summed E-state index contributed by atoms with van der Waals surface area (Å²) in [6.45, 7) is 4.15. The van der Waals surface area contributed by atoms with Crippen LogP contribution in [0.1, 0.15) is 20.3 Å². The highest BCUT2D eigenvalue weighted by atomic mass is 16.6. The molecule has 0 bridgehead atoms. The number of nitro groups is 1. The first-order valence-corrected chi connectivity index (χ1v) is 6.79. The molecule has 1 heterocycles. The van der Waals surface area contributed by atoms with E-state index in [2.05, 4.69) is 15.3 Å². The molecule has 0 amide bonds. The summed E-state index contributed by atoms with van der Waals surface area (Å²) in [6.07, 6.45) is 2.00. The molecule has 7 heteroatoms. The Labute approximate surface area is 122 Å². The van der Waals surface area contributed by atoms with Gasteiger partial charge in [0.2, 0.25) is 0 Å². The van der Waals surface area contributed by atoms with Crippen molar-refractivity contribution in [1.29, 1.82) is 0 Å². The summed E-state index contributed by atoms with van der Waals surface area (Å²) in [5.41, 5.74) is 0.646. The molecule has 0 spiro atoms. The molecular weight excluding hydrogens is 272 g/mol. The van der Waals surface area contributed by atoms with Crippen LogP contribution in [-0.2, 0) is 0 Å². The Morgan fingerprint density at radius 1 is 1.38 bits per heavy atom. The third-order valence-electron chi connectivity index (χ3n) is 3.40. The van der Waals surface area contributed by atoms with Crippen LogP contribution in [0.5, 0.6) is 0 Å². The lowest BCUT2D eigenvalue weighted by Gasteiger charge is -2.22. The van der Waals surface area contributed by atoms with Crippen LogP contribution in [0.2, 0.25) is 0 Å². The molecular formula is C14H18N4O3. The highest BCUT2D eigenvalue weighted by Gasteiger charge is 2.16. The van der Waals surface area contributed by atoms with Crippen LogP contribution in [0.4, 0.5) is 11.5 Å². The van der Waals surface area contributed by atoms with Gasteiger partial charge in [-0.2, -0.15) is 0 Å². The molecule has 21 heavy (non-hydrogen) atoms. The third-order valence-corrected chi connectivity index (χ3v) is 3.40. The minimum absolute atomic E-state index is 0.00334. The summed E-state index contributed by atoms with van der Waals surface area (Å²) in [5, 5.41) is 23.9. The van der Waals surface area contributed by atoms with E-state index in [-0.39, 0.29) is 18.3 Å². The van der Waals surface area contributed by atoms with Gasteiger partial charge in [0.15, 0.2) is 0 Å². The zero-order valence-electron chi connectivity index (χ0n) is 12.0. The van der Waals surface area contributed by atoms with Crippen LogP contribution in [-0.4, -0.2) is 32.6 Å². The first-order chi connectivity index (χ1) is 10.0. The number of aliphatic hydroxyl groups is 1. The lowest BCUT2D eigenvalue weighted by Crippen LogP contribution is -2.27. The minimum Gasteiger partial charge on any atom is -0.396 e. The van der Waals surface area contributed by atoms with Crippen molar-refractivity contribution in [3.8, 4) is 0 Å². The van der Waals surface area contributed by atoms with Crippen molar-refractivity contribution in [1.82, 2.24) is 9.97 Å². The number of anilines is 1. The van der Waals surface area contributed by atoms with Crippen molar-refractivity contribution in [2.24, 2.45) is 5.92 Å². The van der Waals surface area contributed by atoms with E-state index in [1.165, 1.54) is 18.5 Å². The number of nitrogens with zero attached hydrogens (tertiary/aromatic N) is 3. The Balaban J connectivity index is 2.42. The Bertz CT molecular complexity index is 645. The molecule has 0 aliphatic rings. The predicted molar refractivity (Wildman–Crippen MR) is 80.1 cm³/mol. The van der Waals surface area contributed by atoms with Gasteiger partial charge in [-0.25, -0.2) is 9.97 Å². The van der Waals surface area contributed by atoms with Gasteiger partial charge in [-0.15, -0.1) is 0 Å². The van der Waals surface area contributed by atoms with E-state index in [1.54, 1.807) is 6.07 Å². The topological polar surface area (TPSA) is 101 Å². The molecule has 112 valence electrons. The average molecular weight is 290 g/mol. The number of hydrogen-bond acceptors (Lipinski definition) is 6. The summed E-state index contributed by atoms with van der Waals surface area (Å²) in [6, 6.07) is 4.53. The van der Waals surface area contributed by atoms with E-state index in [1.807, 2.05) is 13.8 Å². The number of fused-ring (bicyclic) bond motifs is 1. The number of hydrogen-bond donors (Lipinski definition) is 2. The Hall–Kier alpha value is -2.28. The normalized spacial score (nSPS) is 12.6. The standard InChI is InChI=1S/C14H18N4O3/c1-9(2)12(5-6-19)17-14-11-7-10(18(20)21)3-4-13(11)15-8-16-14/h3-4,7-9,12,19H,5-6H2,1-2H3,(H,15,16,17). The molecule has 0 aliphatic carbocycles. The van der Waals surface area contributed by atoms with E-state index in [4.69, 9.17) is 5.11 Å². The second kappa shape index (κ2) is 6.45. The molecule has 1 atom stereocenters.